The van der Waals surface area contributed by atoms with Crippen LogP contribution in [0.25, 0.3) is 0 Å². The van der Waals surface area contributed by atoms with Crippen molar-refractivity contribution < 1.29 is 9.47 Å². The molecule has 0 aliphatic carbocycles. The van der Waals surface area contributed by atoms with E-state index in [2.05, 4.69) is 14.9 Å². The molecule has 0 atom stereocenters. The molecule has 5 heteroatoms. The minimum atomic E-state index is 0.578. The standard InChI is InChI=1S/C9H13N3O2/c1-13-9-8(10-2-3-11-9)12-4-6-14-7-5-12/h2-3H,4-7H2,1H3. The van der Waals surface area contributed by atoms with E-state index in [4.69, 9.17) is 9.47 Å². The first-order chi connectivity index (χ1) is 6.92. The third-order valence-electron chi connectivity index (χ3n) is 2.15. The topological polar surface area (TPSA) is 47.5 Å². The van der Waals surface area contributed by atoms with Crippen LogP contribution in [0.1, 0.15) is 0 Å². The second kappa shape index (κ2) is 4.23. The average molecular weight is 195 g/mol. The van der Waals surface area contributed by atoms with Crippen molar-refractivity contribution >= 4 is 5.82 Å². The maximum atomic E-state index is 5.26. The average Bonchev–Trinajstić information content (AvgIpc) is 2.30. The van der Waals surface area contributed by atoms with Gasteiger partial charge in [-0.25, -0.2) is 9.97 Å². The Hall–Kier alpha value is -1.36. The van der Waals surface area contributed by atoms with Crippen LogP contribution in [0, 0.1) is 0 Å². The Morgan fingerprint density at radius 3 is 2.71 bits per heavy atom. The van der Waals surface area contributed by atoms with E-state index in [-0.39, 0.29) is 0 Å². The Kier molecular flexibility index (Phi) is 2.78. The molecule has 1 fully saturated rings. The number of anilines is 1. The molecular formula is C9H13N3O2. The van der Waals surface area contributed by atoms with Gasteiger partial charge in [-0.1, -0.05) is 0 Å². The van der Waals surface area contributed by atoms with Gasteiger partial charge in [0, 0.05) is 25.5 Å². The highest BCUT2D eigenvalue weighted by molar-refractivity contribution is 5.47. The van der Waals surface area contributed by atoms with Gasteiger partial charge in [0.1, 0.15) is 0 Å². The van der Waals surface area contributed by atoms with E-state index in [1.54, 1.807) is 19.5 Å². The normalized spacial score (nSPS) is 16.8. The molecule has 1 aromatic heterocycles. The van der Waals surface area contributed by atoms with E-state index in [1.807, 2.05) is 0 Å². The maximum absolute atomic E-state index is 5.26. The molecule has 14 heavy (non-hydrogen) atoms. The lowest BCUT2D eigenvalue weighted by molar-refractivity contribution is 0.122. The van der Waals surface area contributed by atoms with E-state index in [0.29, 0.717) is 5.88 Å². The van der Waals surface area contributed by atoms with Crippen molar-refractivity contribution in [3.8, 4) is 5.88 Å². The maximum Gasteiger partial charge on any atom is 0.257 e. The zero-order chi connectivity index (χ0) is 9.80. The van der Waals surface area contributed by atoms with Crippen LogP contribution in [0.5, 0.6) is 5.88 Å². The summed E-state index contributed by atoms with van der Waals surface area (Å²) in [6.07, 6.45) is 3.30. The van der Waals surface area contributed by atoms with Crippen molar-refractivity contribution in [2.75, 3.05) is 38.3 Å². The number of aromatic nitrogens is 2. The largest absolute Gasteiger partial charge is 0.478 e. The SMILES string of the molecule is COc1nccnc1N1CCOCC1. The first-order valence-corrected chi connectivity index (χ1v) is 4.59. The minimum Gasteiger partial charge on any atom is -0.478 e. The Bertz CT molecular complexity index is 300. The van der Waals surface area contributed by atoms with Crippen LogP contribution in [0.4, 0.5) is 5.82 Å². The molecule has 0 bridgehead atoms. The molecule has 2 rings (SSSR count). The Morgan fingerprint density at radius 1 is 1.29 bits per heavy atom. The van der Waals surface area contributed by atoms with Crippen LogP contribution in [0.3, 0.4) is 0 Å². The highest BCUT2D eigenvalue weighted by Gasteiger charge is 2.16. The Morgan fingerprint density at radius 2 is 2.00 bits per heavy atom. The van der Waals surface area contributed by atoms with Gasteiger partial charge in [0.25, 0.3) is 5.88 Å². The molecule has 76 valence electrons. The summed E-state index contributed by atoms with van der Waals surface area (Å²) in [5.41, 5.74) is 0. The Labute approximate surface area is 82.7 Å². The monoisotopic (exact) mass is 195 g/mol. The Balaban J connectivity index is 2.20. The predicted octanol–water partition coefficient (Wildman–Crippen LogP) is 0.322. The summed E-state index contributed by atoms with van der Waals surface area (Å²) in [7, 11) is 1.61. The van der Waals surface area contributed by atoms with E-state index >= 15 is 0 Å². The van der Waals surface area contributed by atoms with Gasteiger partial charge < -0.3 is 14.4 Å². The first kappa shape index (κ1) is 9.21. The second-order valence-corrected chi connectivity index (χ2v) is 2.99. The summed E-state index contributed by atoms with van der Waals surface area (Å²) in [5, 5.41) is 0. The lowest BCUT2D eigenvalue weighted by Gasteiger charge is -2.28. The molecule has 0 amide bonds. The summed E-state index contributed by atoms with van der Waals surface area (Å²) in [5.74, 6) is 1.38. The molecule has 0 aromatic carbocycles. The van der Waals surface area contributed by atoms with Crippen LogP contribution in [-0.4, -0.2) is 43.4 Å². The molecule has 0 radical (unpaired) electrons. The highest BCUT2D eigenvalue weighted by atomic mass is 16.5. The summed E-state index contributed by atoms with van der Waals surface area (Å²) >= 11 is 0. The molecule has 2 heterocycles. The van der Waals surface area contributed by atoms with Gasteiger partial charge in [0.05, 0.1) is 20.3 Å². The van der Waals surface area contributed by atoms with Crippen molar-refractivity contribution in [3.05, 3.63) is 12.4 Å². The van der Waals surface area contributed by atoms with Crippen molar-refractivity contribution in [2.45, 2.75) is 0 Å². The number of rotatable bonds is 2. The fourth-order valence-electron chi connectivity index (χ4n) is 1.45. The smallest absolute Gasteiger partial charge is 0.257 e. The number of hydrogen-bond acceptors (Lipinski definition) is 5. The van der Waals surface area contributed by atoms with Crippen LogP contribution in [0.2, 0.25) is 0 Å². The lowest BCUT2D eigenvalue weighted by Crippen LogP contribution is -2.37. The second-order valence-electron chi connectivity index (χ2n) is 2.99. The zero-order valence-corrected chi connectivity index (χ0v) is 8.14. The van der Waals surface area contributed by atoms with Gasteiger partial charge in [-0.2, -0.15) is 0 Å². The molecule has 0 saturated carbocycles. The molecule has 0 spiro atoms. The molecule has 1 aliphatic heterocycles. The summed E-state index contributed by atoms with van der Waals surface area (Å²) in [4.78, 5) is 10.5. The minimum absolute atomic E-state index is 0.578. The van der Waals surface area contributed by atoms with Gasteiger partial charge >= 0.3 is 0 Å². The van der Waals surface area contributed by atoms with Crippen molar-refractivity contribution in [2.24, 2.45) is 0 Å². The predicted molar refractivity (Wildman–Crippen MR) is 51.6 cm³/mol. The molecule has 0 N–H and O–H groups in total. The number of hydrogen-bond donors (Lipinski definition) is 0. The highest BCUT2D eigenvalue weighted by Crippen LogP contribution is 2.22. The number of ether oxygens (including phenoxy) is 2. The number of methoxy groups -OCH3 is 1. The van der Waals surface area contributed by atoms with Crippen LogP contribution >= 0.6 is 0 Å². The molecule has 1 aliphatic rings. The van der Waals surface area contributed by atoms with Crippen LogP contribution in [0.15, 0.2) is 12.4 Å². The van der Waals surface area contributed by atoms with Crippen LogP contribution in [-0.2, 0) is 4.74 Å². The van der Waals surface area contributed by atoms with Gasteiger partial charge in [-0.3, -0.25) is 0 Å². The third kappa shape index (κ3) is 1.77. The van der Waals surface area contributed by atoms with Crippen molar-refractivity contribution in [1.29, 1.82) is 0 Å². The van der Waals surface area contributed by atoms with Gasteiger partial charge in [-0.15, -0.1) is 0 Å². The van der Waals surface area contributed by atoms with Crippen LogP contribution < -0.4 is 9.64 Å². The summed E-state index contributed by atoms with van der Waals surface area (Å²) in [6.45, 7) is 3.16. The molecule has 0 unspecified atom stereocenters. The van der Waals surface area contributed by atoms with E-state index in [9.17, 15) is 0 Å². The van der Waals surface area contributed by atoms with E-state index < -0.39 is 0 Å². The summed E-state index contributed by atoms with van der Waals surface area (Å²) < 4.78 is 10.4. The molecule has 1 aromatic rings. The van der Waals surface area contributed by atoms with Crippen molar-refractivity contribution in [3.63, 3.8) is 0 Å². The van der Waals surface area contributed by atoms with Gasteiger partial charge in [-0.05, 0) is 0 Å². The van der Waals surface area contributed by atoms with E-state index in [1.165, 1.54) is 0 Å². The fourth-order valence-corrected chi connectivity index (χ4v) is 1.45. The van der Waals surface area contributed by atoms with Gasteiger partial charge in [0.2, 0.25) is 0 Å². The third-order valence-corrected chi connectivity index (χ3v) is 2.15. The molecule has 5 nitrogen and oxygen atoms in total. The first-order valence-electron chi connectivity index (χ1n) is 4.59. The molecule has 1 saturated heterocycles. The fraction of sp³-hybridized carbons (Fsp3) is 0.556. The quantitative estimate of drug-likeness (QED) is 0.680. The van der Waals surface area contributed by atoms with Crippen molar-refractivity contribution in [1.82, 2.24) is 9.97 Å². The summed E-state index contributed by atoms with van der Waals surface area (Å²) in [6, 6.07) is 0. The molecular weight excluding hydrogens is 182 g/mol. The van der Waals surface area contributed by atoms with E-state index in [0.717, 1.165) is 32.1 Å². The lowest BCUT2D eigenvalue weighted by atomic mass is 10.4. The zero-order valence-electron chi connectivity index (χ0n) is 8.14. The van der Waals surface area contributed by atoms with Gasteiger partial charge in [0.15, 0.2) is 5.82 Å². The number of morpholine rings is 1. The number of nitrogens with zero attached hydrogens (tertiary/aromatic N) is 3.